The smallest absolute Gasteiger partial charge is 0.231 e. The van der Waals surface area contributed by atoms with Crippen LogP contribution in [0.1, 0.15) is 31.2 Å². The third kappa shape index (κ3) is 1.59. The van der Waals surface area contributed by atoms with Gasteiger partial charge in [-0.15, -0.1) is 0 Å². The standard InChI is InChI=1S/C8H12FNO/c1-5-6(2)11-7(10-5)8(3,4)9/h1-4H3. The van der Waals surface area contributed by atoms with Gasteiger partial charge in [-0.3, -0.25) is 0 Å². The second-order valence-corrected chi connectivity index (χ2v) is 3.13. The van der Waals surface area contributed by atoms with Gasteiger partial charge in [0.05, 0.1) is 5.69 Å². The molecule has 1 aromatic rings. The summed E-state index contributed by atoms with van der Waals surface area (Å²) in [5, 5.41) is 0. The fourth-order valence-electron chi connectivity index (χ4n) is 0.727. The summed E-state index contributed by atoms with van der Waals surface area (Å²) >= 11 is 0. The second kappa shape index (κ2) is 2.32. The minimum absolute atomic E-state index is 0.160. The summed E-state index contributed by atoms with van der Waals surface area (Å²) in [6.07, 6.45) is 0. The molecule has 0 fully saturated rings. The summed E-state index contributed by atoms with van der Waals surface area (Å²) < 4.78 is 18.3. The number of hydrogen-bond donors (Lipinski definition) is 0. The number of nitrogens with zero attached hydrogens (tertiary/aromatic N) is 1. The predicted octanol–water partition coefficient (Wildman–Crippen LogP) is 2.50. The Kier molecular flexibility index (Phi) is 1.74. The molecule has 0 unspecified atom stereocenters. The van der Waals surface area contributed by atoms with Crippen molar-refractivity contribution in [1.82, 2.24) is 4.98 Å². The fourth-order valence-corrected chi connectivity index (χ4v) is 0.727. The van der Waals surface area contributed by atoms with E-state index >= 15 is 0 Å². The van der Waals surface area contributed by atoms with E-state index in [-0.39, 0.29) is 5.89 Å². The van der Waals surface area contributed by atoms with Crippen LogP contribution < -0.4 is 0 Å². The van der Waals surface area contributed by atoms with Crippen LogP contribution in [0.3, 0.4) is 0 Å². The van der Waals surface area contributed by atoms with E-state index in [9.17, 15) is 4.39 Å². The van der Waals surface area contributed by atoms with Gasteiger partial charge in [-0.05, 0) is 27.7 Å². The molecule has 0 N–H and O–H groups in total. The van der Waals surface area contributed by atoms with Gasteiger partial charge in [0.15, 0.2) is 5.67 Å². The molecule has 0 saturated heterocycles. The number of hydrogen-bond acceptors (Lipinski definition) is 2. The van der Waals surface area contributed by atoms with Crippen molar-refractivity contribution in [3.05, 3.63) is 17.3 Å². The Labute approximate surface area is 65.4 Å². The van der Waals surface area contributed by atoms with Crippen molar-refractivity contribution >= 4 is 0 Å². The Hall–Kier alpha value is -0.860. The van der Waals surface area contributed by atoms with Crippen LogP contribution in [0.15, 0.2) is 4.42 Å². The van der Waals surface area contributed by atoms with E-state index in [4.69, 9.17) is 4.42 Å². The zero-order chi connectivity index (χ0) is 8.65. The molecule has 0 saturated carbocycles. The van der Waals surface area contributed by atoms with Gasteiger partial charge in [-0.2, -0.15) is 0 Å². The lowest BCUT2D eigenvalue weighted by atomic mass is 10.2. The molecule has 0 amide bonds. The van der Waals surface area contributed by atoms with Crippen LogP contribution in [-0.4, -0.2) is 4.98 Å². The molecule has 11 heavy (non-hydrogen) atoms. The first-order valence-corrected chi connectivity index (χ1v) is 3.54. The highest BCUT2D eigenvalue weighted by atomic mass is 19.1. The molecule has 1 rings (SSSR count). The quantitative estimate of drug-likeness (QED) is 0.626. The summed E-state index contributed by atoms with van der Waals surface area (Å²) in [6.45, 7) is 6.43. The van der Waals surface area contributed by atoms with Crippen LogP contribution in [0.25, 0.3) is 0 Å². The maximum atomic E-state index is 13.2. The molecule has 0 aliphatic carbocycles. The number of rotatable bonds is 1. The molecule has 0 bridgehead atoms. The molecular formula is C8H12FNO. The van der Waals surface area contributed by atoms with E-state index in [2.05, 4.69) is 4.98 Å². The molecule has 0 spiro atoms. The molecule has 62 valence electrons. The van der Waals surface area contributed by atoms with Crippen LogP contribution in [0.2, 0.25) is 0 Å². The molecule has 0 aromatic carbocycles. The number of alkyl halides is 1. The predicted molar refractivity (Wildman–Crippen MR) is 40.1 cm³/mol. The van der Waals surface area contributed by atoms with Crippen LogP contribution in [0, 0.1) is 13.8 Å². The van der Waals surface area contributed by atoms with E-state index in [0.29, 0.717) is 5.76 Å². The van der Waals surface area contributed by atoms with Crippen LogP contribution in [0.4, 0.5) is 4.39 Å². The number of aromatic nitrogens is 1. The van der Waals surface area contributed by atoms with Gasteiger partial charge in [0.25, 0.3) is 0 Å². The Morgan fingerprint density at radius 3 is 2.09 bits per heavy atom. The lowest BCUT2D eigenvalue weighted by Crippen LogP contribution is -2.09. The van der Waals surface area contributed by atoms with Crippen LogP contribution in [-0.2, 0) is 5.67 Å². The summed E-state index contributed by atoms with van der Waals surface area (Å²) in [5.74, 6) is 0.846. The maximum Gasteiger partial charge on any atom is 0.231 e. The van der Waals surface area contributed by atoms with Gasteiger partial charge < -0.3 is 4.42 Å². The largest absolute Gasteiger partial charge is 0.442 e. The van der Waals surface area contributed by atoms with Crippen molar-refractivity contribution < 1.29 is 8.81 Å². The van der Waals surface area contributed by atoms with E-state index in [0.717, 1.165) is 5.69 Å². The Morgan fingerprint density at radius 2 is 1.91 bits per heavy atom. The van der Waals surface area contributed by atoms with Gasteiger partial charge in [0.1, 0.15) is 5.76 Å². The Morgan fingerprint density at radius 1 is 1.36 bits per heavy atom. The highest BCUT2D eigenvalue weighted by Gasteiger charge is 2.25. The van der Waals surface area contributed by atoms with Crippen molar-refractivity contribution in [2.24, 2.45) is 0 Å². The summed E-state index contributed by atoms with van der Waals surface area (Å²) in [4.78, 5) is 3.94. The lowest BCUT2D eigenvalue weighted by molar-refractivity contribution is 0.168. The number of halogens is 1. The highest BCUT2D eigenvalue weighted by Crippen LogP contribution is 2.24. The van der Waals surface area contributed by atoms with Crippen molar-refractivity contribution in [2.75, 3.05) is 0 Å². The molecule has 0 aliphatic heterocycles. The highest BCUT2D eigenvalue weighted by molar-refractivity contribution is 5.08. The van der Waals surface area contributed by atoms with Gasteiger partial charge in [0.2, 0.25) is 5.89 Å². The molecule has 1 aromatic heterocycles. The van der Waals surface area contributed by atoms with E-state index in [1.807, 2.05) is 0 Å². The third-order valence-electron chi connectivity index (χ3n) is 1.54. The molecule has 0 atom stereocenters. The number of oxazole rings is 1. The first-order chi connectivity index (χ1) is 4.91. The zero-order valence-corrected chi connectivity index (χ0v) is 7.23. The SMILES string of the molecule is Cc1nc(C(C)(C)F)oc1C. The van der Waals surface area contributed by atoms with E-state index in [1.165, 1.54) is 13.8 Å². The first kappa shape index (κ1) is 8.24. The summed E-state index contributed by atoms with van der Waals surface area (Å²) in [6, 6.07) is 0. The summed E-state index contributed by atoms with van der Waals surface area (Å²) in [7, 11) is 0. The topological polar surface area (TPSA) is 26.0 Å². The van der Waals surface area contributed by atoms with Gasteiger partial charge >= 0.3 is 0 Å². The third-order valence-corrected chi connectivity index (χ3v) is 1.54. The molecule has 3 heteroatoms. The van der Waals surface area contributed by atoms with Crippen LogP contribution >= 0.6 is 0 Å². The first-order valence-electron chi connectivity index (χ1n) is 3.54. The molecular weight excluding hydrogens is 145 g/mol. The molecule has 2 nitrogen and oxygen atoms in total. The molecule has 0 radical (unpaired) electrons. The Balaban J connectivity index is 3.08. The van der Waals surface area contributed by atoms with E-state index < -0.39 is 5.67 Å². The van der Waals surface area contributed by atoms with Crippen molar-refractivity contribution in [3.63, 3.8) is 0 Å². The second-order valence-electron chi connectivity index (χ2n) is 3.13. The average molecular weight is 157 g/mol. The van der Waals surface area contributed by atoms with E-state index in [1.54, 1.807) is 13.8 Å². The van der Waals surface area contributed by atoms with Crippen molar-refractivity contribution in [3.8, 4) is 0 Å². The van der Waals surface area contributed by atoms with Crippen molar-refractivity contribution in [1.29, 1.82) is 0 Å². The number of aryl methyl sites for hydroxylation is 2. The van der Waals surface area contributed by atoms with Gasteiger partial charge in [0, 0.05) is 0 Å². The maximum absolute atomic E-state index is 13.2. The summed E-state index contributed by atoms with van der Waals surface area (Å²) in [5.41, 5.74) is -0.718. The van der Waals surface area contributed by atoms with Gasteiger partial charge in [-0.25, -0.2) is 9.37 Å². The zero-order valence-electron chi connectivity index (χ0n) is 7.23. The van der Waals surface area contributed by atoms with Crippen molar-refractivity contribution in [2.45, 2.75) is 33.4 Å². The Bertz CT molecular complexity index is 240. The fraction of sp³-hybridized carbons (Fsp3) is 0.625. The van der Waals surface area contributed by atoms with Crippen LogP contribution in [0.5, 0.6) is 0 Å². The average Bonchev–Trinajstić information content (AvgIpc) is 2.11. The minimum atomic E-state index is -1.47. The molecule has 1 heterocycles. The van der Waals surface area contributed by atoms with Gasteiger partial charge in [-0.1, -0.05) is 0 Å². The lowest BCUT2D eigenvalue weighted by Gasteiger charge is -2.07. The minimum Gasteiger partial charge on any atom is -0.442 e. The normalized spacial score (nSPS) is 12.1. The molecule has 0 aliphatic rings. The monoisotopic (exact) mass is 157 g/mol.